The van der Waals surface area contributed by atoms with Crippen LogP contribution in [-0.4, -0.2) is 105 Å². The largest absolute Gasteiger partial charge is 0.497 e. The summed E-state index contributed by atoms with van der Waals surface area (Å²) in [5, 5.41) is 9.57. The molecule has 2 saturated heterocycles. The Balaban J connectivity index is 1.37. The maximum Gasteiger partial charge on any atom is 0.288 e. The van der Waals surface area contributed by atoms with Crippen LogP contribution >= 0.6 is 0 Å². The van der Waals surface area contributed by atoms with Crippen LogP contribution in [0.3, 0.4) is 0 Å². The Kier molecular flexibility index (Phi) is 11.3. The number of nitrogens with zero attached hydrogens (tertiary/aromatic N) is 3. The van der Waals surface area contributed by atoms with Gasteiger partial charge in [-0.05, 0) is 80.4 Å². The lowest BCUT2D eigenvalue weighted by Gasteiger charge is -2.41. The van der Waals surface area contributed by atoms with Gasteiger partial charge in [-0.3, -0.25) is 4.79 Å². The molecule has 236 valence electrons. The number of rotatable bonds is 11. The van der Waals surface area contributed by atoms with Crippen molar-refractivity contribution in [1.29, 1.82) is 0 Å². The van der Waals surface area contributed by atoms with Crippen molar-refractivity contribution in [1.82, 2.24) is 14.1 Å². The van der Waals surface area contributed by atoms with E-state index in [4.69, 9.17) is 14.2 Å². The van der Waals surface area contributed by atoms with Crippen molar-refractivity contribution in [3.8, 4) is 5.75 Å². The Morgan fingerprint density at radius 3 is 2.31 bits per heavy atom. The first-order chi connectivity index (χ1) is 20.0. The van der Waals surface area contributed by atoms with E-state index in [1.165, 1.54) is 42.8 Å². The van der Waals surface area contributed by atoms with E-state index in [-0.39, 0.29) is 48.4 Å². The van der Waals surface area contributed by atoms with Crippen molar-refractivity contribution in [3.05, 3.63) is 36.1 Å². The van der Waals surface area contributed by atoms with Crippen molar-refractivity contribution in [2.75, 3.05) is 59.6 Å². The summed E-state index contributed by atoms with van der Waals surface area (Å²) in [6, 6.07) is 6.68. The van der Waals surface area contributed by atoms with Gasteiger partial charge in [0.05, 0.1) is 25.2 Å². The third-order valence-corrected chi connectivity index (χ3v) is 10.6. The molecule has 0 saturated carbocycles. The van der Waals surface area contributed by atoms with Crippen LogP contribution in [0.25, 0.3) is 0 Å². The van der Waals surface area contributed by atoms with E-state index in [9.17, 15) is 18.3 Å². The second-order valence-corrected chi connectivity index (χ2v) is 14.5. The lowest BCUT2D eigenvalue weighted by atomic mass is 9.77. The van der Waals surface area contributed by atoms with E-state index in [1.807, 2.05) is 11.0 Å². The highest BCUT2D eigenvalue weighted by Gasteiger charge is 2.37. The molecule has 2 atom stereocenters. The quantitative estimate of drug-likeness (QED) is 0.408. The van der Waals surface area contributed by atoms with Gasteiger partial charge in [0.25, 0.3) is 5.91 Å². The molecule has 3 aliphatic rings. The molecule has 4 rings (SSSR count). The fourth-order valence-corrected chi connectivity index (χ4v) is 7.45. The summed E-state index contributed by atoms with van der Waals surface area (Å²) < 4.78 is 45.0. The van der Waals surface area contributed by atoms with Crippen molar-refractivity contribution in [3.63, 3.8) is 0 Å². The number of allylic oxidation sites excluding steroid dienone is 1. The Labute approximate surface area is 251 Å². The maximum absolute atomic E-state index is 13.6. The highest BCUT2D eigenvalue weighted by Crippen LogP contribution is 2.37. The predicted molar refractivity (Wildman–Crippen MR) is 160 cm³/mol. The smallest absolute Gasteiger partial charge is 0.288 e. The average Bonchev–Trinajstić information content (AvgIpc) is 3.00. The topological polar surface area (TPSA) is 109 Å². The normalized spacial score (nSPS) is 23.0. The van der Waals surface area contributed by atoms with Crippen LogP contribution in [0.4, 0.5) is 0 Å². The average molecular weight is 608 g/mol. The van der Waals surface area contributed by atoms with E-state index in [0.29, 0.717) is 37.1 Å². The Bertz CT molecular complexity index is 1150. The van der Waals surface area contributed by atoms with Gasteiger partial charge < -0.3 is 29.1 Å². The molecule has 0 aliphatic carbocycles. The van der Waals surface area contributed by atoms with Gasteiger partial charge in [-0.15, -0.1) is 0 Å². The molecule has 3 heterocycles. The third-order valence-electron chi connectivity index (χ3n) is 8.73. The number of amides is 1. The van der Waals surface area contributed by atoms with Gasteiger partial charge in [-0.25, -0.2) is 8.42 Å². The zero-order valence-electron chi connectivity index (χ0n) is 25.7. The van der Waals surface area contributed by atoms with Crippen LogP contribution in [-0.2, 0) is 24.3 Å². The van der Waals surface area contributed by atoms with Crippen LogP contribution in [0, 0.1) is 11.3 Å². The summed E-state index contributed by atoms with van der Waals surface area (Å²) in [4.78, 5) is 18.2. The number of carbonyl (C=O) groups is 1. The fourth-order valence-electron chi connectivity index (χ4n) is 6.03. The van der Waals surface area contributed by atoms with E-state index in [1.54, 1.807) is 12.1 Å². The fraction of sp³-hybridized carbons (Fsp3) is 0.710. The molecule has 0 radical (unpaired) electrons. The molecule has 1 amide bonds. The van der Waals surface area contributed by atoms with Gasteiger partial charge in [0.1, 0.15) is 5.75 Å². The molecule has 1 aromatic carbocycles. The first-order valence-electron chi connectivity index (χ1n) is 15.3. The number of piperidine rings is 2. The van der Waals surface area contributed by atoms with Gasteiger partial charge in [0.2, 0.25) is 16.3 Å². The molecule has 0 unspecified atom stereocenters. The van der Waals surface area contributed by atoms with Gasteiger partial charge in [-0.2, -0.15) is 4.31 Å². The summed E-state index contributed by atoms with van der Waals surface area (Å²) in [5.74, 6) is 0.829. The molecular weight excluding hydrogens is 558 g/mol. The predicted octanol–water partition coefficient (Wildman–Crippen LogP) is 3.46. The second kappa shape index (κ2) is 14.5. The van der Waals surface area contributed by atoms with Crippen molar-refractivity contribution >= 4 is 15.9 Å². The minimum Gasteiger partial charge on any atom is -0.497 e. The highest BCUT2D eigenvalue weighted by atomic mass is 32.2. The summed E-state index contributed by atoms with van der Waals surface area (Å²) in [5.41, 5.74) is -0.112. The van der Waals surface area contributed by atoms with Gasteiger partial charge in [0, 0.05) is 38.6 Å². The van der Waals surface area contributed by atoms with Crippen molar-refractivity contribution in [2.24, 2.45) is 11.3 Å². The Hall–Kier alpha value is -2.18. The van der Waals surface area contributed by atoms with Gasteiger partial charge in [-0.1, -0.05) is 27.2 Å². The van der Waals surface area contributed by atoms with Crippen LogP contribution in [0.5, 0.6) is 5.75 Å². The number of carbonyl (C=O) groups excluding carboxylic acids is 1. The molecule has 42 heavy (non-hydrogen) atoms. The number of aliphatic hydroxyl groups excluding tert-OH is 1. The van der Waals surface area contributed by atoms with E-state index >= 15 is 0 Å². The monoisotopic (exact) mass is 607 g/mol. The van der Waals surface area contributed by atoms with E-state index in [0.717, 1.165) is 25.9 Å². The maximum atomic E-state index is 13.6. The lowest BCUT2D eigenvalue weighted by molar-refractivity contribution is -0.159. The van der Waals surface area contributed by atoms with Crippen LogP contribution < -0.4 is 4.74 Å². The molecule has 3 aliphatic heterocycles. The van der Waals surface area contributed by atoms with E-state index < -0.39 is 16.3 Å². The Morgan fingerprint density at radius 2 is 1.71 bits per heavy atom. The standard InChI is InChI=1S/C31H49N3O7S/c1-31(2,3)24-22-28(30(36)33-16-12-25(13-17-33)32-14-6-5-7-15-32)41-29(23-24)40-21-19-34(18-20-35)42(37,38)27-10-8-26(39-4)9-11-27/h8-11,22,24-25,29,35H,5-7,12-21,23H2,1-4H3/t24-,29+/m0/s1. The van der Waals surface area contributed by atoms with Crippen LogP contribution in [0.15, 0.2) is 41.0 Å². The summed E-state index contributed by atoms with van der Waals surface area (Å²) >= 11 is 0. The Morgan fingerprint density at radius 1 is 1.05 bits per heavy atom. The number of likely N-dealkylation sites (tertiary alicyclic amines) is 2. The molecule has 2 fully saturated rings. The summed E-state index contributed by atoms with van der Waals surface area (Å²) in [6.07, 6.45) is 7.63. The first-order valence-corrected chi connectivity index (χ1v) is 16.8. The minimum atomic E-state index is -3.86. The molecule has 0 bridgehead atoms. The molecule has 1 N–H and O–H groups in total. The van der Waals surface area contributed by atoms with Crippen LogP contribution in [0.2, 0.25) is 0 Å². The summed E-state index contributed by atoms with van der Waals surface area (Å²) in [6.45, 7) is 9.85. The number of hydrogen-bond acceptors (Lipinski definition) is 8. The minimum absolute atomic E-state index is 0.0337. The van der Waals surface area contributed by atoms with E-state index in [2.05, 4.69) is 25.7 Å². The zero-order valence-corrected chi connectivity index (χ0v) is 26.5. The molecule has 11 heteroatoms. The highest BCUT2D eigenvalue weighted by molar-refractivity contribution is 7.89. The van der Waals surface area contributed by atoms with Crippen molar-refractivity contribution in [2.45, 2.75) is 76.5 Å². The number of methoxy groups -OCH3 is 1. The molecule has 10 nitrogen and oxygen atoms in total. The number of aliphatic hydroxyl groups is 1. The molecule has 0 aromatic heterocycles. The lowest BCUT2D eigenvalue weighted by Crippen LogP contribution is -2.49. The first kappa shape index (κ1) is 32.7. The number of benzene rings is 1. The number of sulfonamides is 1. The van der Waals surface area contributed by atoms with Crippen LogP contribution in [0.1, 0.15) is 59.3 Å². The summed E-state index contributed by atoms with van der Waals surface area (Å²) in [7, 11) is -2.34. The van der Waals surface area contributed by atoms with Gasteiger partial charge >= 0.3 is 0 Å². The number of ether oxygens (including phenoxy) is 3. The second-order valence-electron chi connectivity index (χ2n) is 12.6. The molecular formula is C31H49N3O7S. The number of hydrogen-bond donors (Lipinski definition) is 1. The zero-order chi connectivity index (χ0) is 30.3. The third kappa shape index (κ3) is 8.25. The SMILES string of the molecule is COc1ccc(S(=O)(=O)N(CCO)CCO[C@H]2C[C@@H](C(C)(C)C)C=C(C(=O)N3CCC(N4CCCCC4)CC3)O2)cc1. The van der Waals surface area contributed by atoms with Crippen molar-refractivity contribution < 1.29 is 32.5 Å². The molecule has 0 spiro atoms. The molecule has 1 aromatic rings. The van der Waals surface area contributed by atoms with Gasteiger partial charge in [0.15, 0.2) is 5.76 Å².